The molecule has 2 rings (SSSR count). The van der Waals surface area contributed by atoms with Crippen LogP contribution in [0.3, 0.4) is 0 Å². The molecule has 1 aliphatic rings. The summed E-state index contributed by atoms with van der Waals surface area (Å²) in [7, 11) is 0. The maximum Gasteiger partial charge on any atom is 0.354 e. The Bertz CT molecular complexity index is 641. The van der Waals surface area contributed by atoms with Crippen molar-refractivity contribution >= 4 is 23.3 Å². The zero-order valence-electron chi connectivity index (χ0n) is 15.4. The van der Waals surface area contributed by atoms with Crippen LogP contribution in [-0.4, -0.2) is 35.8 Å². The van der Waals surface area contributed by atoms with Gasteiger partial charge in [0.1, 0.15) is 11.8 Å². The number of nitrogens with one attached hydrogen (secondary N) is 1. The first-order valence-electron chi connectivity index (χ1n) is 8.79. The van der Waals surface area contributed by atoms with E-state index in [2.05, 4.69) is 17.3 Å². The molecule has 0 aliphatic carbocycles. The van der Waals surface area contributed by atoms with Gasteiger partial charge in [0, 0.05) is 12.0 Å². The van der Waals surface area contributed by atoms with Gasteiger partial charge >= 0.3 is 5.97 Å². The molecule has 0 spiro atoms. The van der Waals surface area contributed by atoms with Crippen LogP contribution in [0, 0.1) is 0 Å². The monoisotopic (exact) mass is 345 g/mol. The van der Waals surface area contributed by atoms with E-state index >= 15 is 0 Å². The maximum atomic E-state index is 12.9. The molecule has 0 saturated carbocycles. The molecule has 1 unspecified atom stereocenters. The number of anilines is 1. The Balaban J connectivity index is 2.23. The first-order chi connectivity index (χ1) is 11.9. The van der Waals surface area contributed by atoms with Crippen LogP contribution in [0.25, 0.3) is 0 Å². The molecule has 1 N–H and O–H groups in total. The van der Waals surface area contributed by atoms with Gasteiger partial charge in [-0.3, -0.25) is 9.80 Å². The van der Waals surface area contributed by atoms with E-state index in [1.165, 1.54) is 0 Å². The number of nitrogens with zero attached hydrogens (tertiary/aromatic N) is 2. The van der Waals surface area contributed by atoms with Gasteiger partial charge in [-0.2, -0.15) is 5.10 Å². The second kappa shape index (κ2) is 8.14. The average Bonchev–Trinajstić information content (AvgIpc) is 3.01. The maximum absolute atomic E-state index is 12.9. The Morgan fingerprint density at radius 1 is 1.28 bits per heavy atom. The van der Waals surface area contributed by atoms with Crippen LogP contribution in [0.2, 0.25) is 0 Å². The molecule has 0 radical (unpaired) electrons. The lowest BCUT2D eigenvalue weighted by atomic mass is 9.97. The number of carbonyl (C=O) groups is 2. The van der Waals surface area contributed by atoms with Crippen LogP contribution in [-0.2, 0) is 14.3 Å². The van der Waals surface area contributed by atoms with Crippen molar-refractivity contribution in [2.24, 2.45) is 5.10 Å². The fourth-order valence-corrected chi connectivity index (χ4v) is 2.98. The molecule has 0 fully saturated rings. The molecule has 25 heavy (non-hydrogen) atoms. The van der Waals surface area contributed by atoms with Crippen molar-refractivity contribution in [3.8, 4) is 0 Å². The summed E-state index contributed by atoms with van der Waals surface area (Å²) in [4.78, 5) is 24.9. The predicted molar refractivity (Wildman–Crippen MR) is 98.5 cm³/mol. The Morgan fingerprint density at radius 2 is 1.96 bits per heavy atom. The third kappa shape index (κ3) is 4.81. The van der Waals surface area contributed by atoms with Gasteiger partial charge in [0.05, 0.1) is 12.3 Å². The molecule has 136 valence electrons. The van der Waals surface area contributed by atoms with Crippen molar-refractivity contribution in [1.29, 1.82) is 0 Å². The molecule has 6 nitrogen and oxygen atoms in total. The molecular weight excluding hydrogens is 318 g/mol. The lowest BCUT2D eigenvalue weighted by molar-refractivity contribution is -0.135. The van der Waals surface area contributed by atoms with Gasteiger partial charge in [-0.15, -0.1) is 0 Å². The van der Waals surface area contributed by atoms with Crippen LogP contribution >= 0.6 is 0 Å². The van der Waals surface area contributed by atoms with Crippen molar-refractivity contribution in [2.45, 2.75) is 58.5 Å². The van der Waals surface area contributed by atoms with Gasteiger partial charge < -0.3 is 10.1 Å². The summed E-state index contributed by atoms with van der Waals surface area (Å²) in [6.45, 7) is 8.12. The zero-order chi connectivity index (χ0) is 18.4. The summed E-state index contributed by atoms with van der Waals surface area (Å²) in [5, 5.41) is 9.07. The molecule has 1 amide bonds. The van der Waals surface area contributed by atoms with E-state index in [-0.39, 0.29) is 30.2 Å². The van der Waals surface area contributed by atoms with Gasteiger partial charge in [0.15, 0.2) is 0 Å². The fourth-order valence-electron chi connectivity index (χ4n) is 2.98. The molecule has 1 atom stereocenters. The van der Waals surface area contributed by atoms with Gasteiger partial charge in [0.25, 0.3) is 0 Å². The minimum absolute atomic E-state index is 0.134. The molecule has 1 aromatic rings. The first-order valence-corrected chi connectivity index (χ1v) is 8.79. The Labute approximate surface area is 149 Å². The Hall–Kier alpha value is -2.37. The number of hydrogen-bond acceptors (Lipinski definition) is 5. The third-order valence-corrected chi connectivity index (χ3v) is 4.08. The number of hydrogen-bond donors (Lipinski definition) is 1. The number of para-hydroxylation sites is 1. The van der Waals surface area contributed by atoms with Crippen molar-refractivity contribution in [2.75, 3.05) is 11.6 Å². The number of hydrazone groups is 1. The van der Waals surface area contributed by atoms with E-state index in [1.54, 1.807) is 11.9 Å². The third-order valence-electron chi connectivity index (χ3n) is 4.08. The fraction of sp³-hybridized carbons (Fsp3) is 0.526. The highest BCUT2D eigenvalue weighted by molar-refractivity contribution is 6.38. The van der Waals surface area contributed by atoms with Crippen LogP contribution in [0.5, 0.6) is 0 Å². The van der Waals surface area contributed by atoms with Gasteiger partial charge in [0.2, 0.25) is 5.91 Å². The highest BCUT2D eigenvalue weighted by Gasteiger charge is 2.38. The molecule has 1 heterocycles. The molecule has 6 heteroatoms. The molecule has 1 aliphatic heterocycles. The number of esters is 1. The molecule has 0 saturated heterocycles. The average molecular weight is 345 g/mol. The molecule has 1 aromatic carbocycles. The topological polar surface area (TPSA) is 71.0 Å². The summed E-state index contributed by atoms with van der Waals surface area (Å²) in [6.07, 6.45) is 2.09. The highest BCUT2D eigenvalue weighted by atomic mass is 16.5. The van der Waals surface area contributed by atoms with E-state index in [4.69, 9.17) is 4.74 Å². The summed E-state index contributed by atoms with van der Waals surface area (Å²) >= 11 is 0. The van der Waals surface area contributed by atoms with E-state index in [1.807, 2.05) is 44.2 Å². The lowest BCUT2D eigenvalue weighted by Gasteiger charge is -2.30. The Kier molecular flexibility index (Phi) is 6.17. The Morgan fingerprint density at radius 3 is 2.56 bits per heavy atom. The number of carbonyl (C=O) groups excluding carboxylic acids is 2. The van der Waals surface area contributed by atoms with Crippen LogP contribution in [0.1, 0.15) is 47.0 Å². The van der Waals surface area contributed by atoms with Gasteiger partial charge in [-0.05, 0) is 39.3 Å². The summed E-state index contributed by atoms with van der Waals surface area (Å²) < 4.78 is 5.05. The standard InChI is InChI=1S/C19H27N3O3/c1-5-12-19(3,4)20-17(23)16-13-15(18(24)25-6-2)21-22(16)14-10-8-7-9-11-14/h7-11,16H,5-6,12-13H2,1-4H3,(H,20,23). The number of benzene rings is 1. The zero-order valence-corrected chi connectivity index (χ0v) is 15.4. The largest absolute Gasteiger partial charge is 0.461 e. The number of amides is 1. The van der Waals surface area contributed by atoms with E-state index < -0.39 is 12.0 Å². The molecule has 0 aromatic heterocycles. The van der Waals surface area contributed by atoms with Gasteiger partial charge in [-0.1, -0.05) is 31.5 Å². The van der Waals surface area contributed by atoms with E-state index in [0.717, 1.165) is 18.5 Å². The van der Waals surface area contributed by atoms with Crippen molar-refractivity contribution in [3.63, 3.8) is 0 Å². The molecular formula is C19H27N3O3. The number of ether oxygens (including phenoxy) is 1. The summed E-state index contributed by atoms with van der Waals surface area (Å²) in [6, 6.07) is 8.84. The van der Waals surface area contributed by atoms with E-state index in [0.29, 0.717) is 0 Å². The minimum Gasteiger partial charge on any atom is -0.461 e. The smallest absolute Gasteiger partial charge is 0.354 e. The van der Waals surface area contributed by atoms with Gasteiger partial charge in [-0.25, -0.2) is 4.79 Å². The van der Waals surface area contributed by atoms with Crippen molar-refractivity contribution in [1.82, 2.24) is 5.32 Å². The van der Waals surface area contributed by atoms with Crippen molar-refractivity contribution in [3.05, 3.63) is 30.3 Å². The highest BCUT2D eigenvalue weighted by Crippen LogP contribution is 2.26. The van der Waals surface area contributed by atoms with E-state index in [9.17, 15) is 9.59 Å². The second-order valence-electron chi connectivity index (χ2n) is 6.79. The van der Waals surface area contributed by atoms with Crippen LogP contribution < -0.4 is 10.3 Å². The van der Waals surface area contributed by atoms with Crippen molar-refractivity contribution < 1.29 is 14.3 Å². The SMILES string of the molecule is CCCC(C)(C)NC(=O)C1CC(C(=O)OCC)=NN1c1ccccc1. The van der Waals surface area contributed by atoms with Crippen LogP contribution in [0.15, 0.2) is 35.4 Å². The lowest BCUT2D eigenvalue weighted by Crippen LogP contribution is -2.51. The summed E-state index contributed by atoms with van der Waals surface area (Å²) in [5.74, 6) is -0.600. The molecule has 0 bridgehead atoms. The van der Waals surface area contributed by atoms with Crippen LogP contribution in [0.4, 0.5) is 5.69 Å². The second-order valence-corrected chi connectivity index (χ2v) is 6.79. The first kappa shape index (κ1) is 19.0. The quantitative estimate of drug-likeness (QED) is 0.772. The predicted octanol–water partition coefficient (Wildman–Crippen LogP) is 2.88. The summed E-state index contributed by atoms with van der Waals surface area (Å²) in [5.41, 5.74) is 0.746. The normalized spacial score (nSPS) is 17.2. The number of rotatable bonds is 7. The minimum atomic E-state index is -0.557.